The van der Waals surface area contributed by atoms with Crippen LogP contribution in [0.4, 0.5) is 0 Å². The molecule has 22 heavy (non-hydrogen) atoms. The molecule has 3 aliphatic rings. The summed E-state index contributed by atoms with van der Waals surface area (Å²) in [5, 5.41) is 21.1. The first-order valence-electron chi connectivity index (χ1n) is 7.52. The normalized spacial score (nSPS) is 45.7. The number of aliphatic hydroxyl groups excluding tert-OH is 1. The summed E-state index contributed by atoms with van der Waals surface area (Å²) in [5.41, 5.74) is -0.455. The van der Waals surface area contributed by atoms with Crippen LogP contribution < -0.4 is 0 Å². The molecule has 1 aromatic carbocycles. The summed E-state index contributed by atoms with van der Waals surface area (Å²) in [5.74, 6) is -2.46. The fourth-order valence-electron chi connectivity index (χ4n) is 3.56. The second-order valence-electron chi connectivity index (χ2n) is 6.58. The Morgan fingerprint density at radius 3 is 2.41 bits per heavy atom. The van der Waals surface area contributed by atoms with Crippen LogP contribution in [0.15, 0.2) is 35.2 Å². The van der Waals surface area contributed by atoms with Gasteiger partial charge in [-0.3, -0.25) is 0 Å². The number of hydrogen-bond acceptors (Lipinski definition) is 6. The molecular formula is C16H20O5S. The van der Waals surface area contributed by atoms with Gasteiger partial charge in [0.25, 0.3) is 0 Å². The molecule has 3 fully saturated rings. The lowest BCUT2D eigenvalue weighted by Crippen LogP contribution is -2.32. The first-order valence-corrected chi connectivity index (χ1v) is 8.40. The minimum absolute atomic E-state index is 0.225. The van der Waals surface area contributed by atoms with Crippen LogP contribution in [0.1, 0.15) is 13.8 Å². The molecule has 0 radical (unpaired) electrons. The first kappa shape index (κ1) is 14.9. The lowest BCUT2D eigenvalue weighted by molar-refractivity contribution is -0.167. The van der Waals surface area contributed by atoms with Gasteiger partial charge in [0.1, 0.15) is 5.44 Å². The molecule has 1 aliphatic carbocycles. The van der Waals surface area contributed by atoms with Crippen molar-refractivity contribution in [2.75, 3.05) is 6.61 Å². The van der Waals surface area contributed by atoms with Gasteiger partial charge < -0.3 is 24.4 Å². The van der Waals surface area contributed by atoms with Crippen molar-refractivity contribution in [1.82, 2.24) is 0 Å². The summed E-state index contributed by atoms with van der Waals surface area (Å²) in [7, 11) is 0. The zero-order chi connectivity index (χ0) is 15.5. The SMILES string of the molecule is CC1(C)OC[C@@H]([C@H]2C3C(O)[C@H](Sc4ccccc4)OC32O)O1. The van der Waals surface area contributed by atoms with Crippen LogP contribution in [-0.4, -0.2) is 46.0 Å². The molecule has 5 nitrogen and oxygen atoms in total. The third kappa shape index (κ3) is 2.29. The lowest BCUT2D eigenvalue weighted by atomic mass is 10.1. The van der Waals surface area contributed by atoms with Crippen molar-refractivity contribution < 1.29 is 24.4 Å². The molecule has 0 bridgehead atoms. The van der Waals surface area contributed by atoms with E-state index in [2.05, 4.69) is 0 Å². The molecule has 1 aromatic rings. The van der Waals surface area contributed by atoms with Crippen LogP contribution in [0, 0.1) is 11.8 Å². The second-order valence-corrected chi connectivity index (χ2v) is 7.75. The summed E-state index contributed by atoms with van der Waals surface area (Å²) >= 11 is 1.43. The van der Waals surface area contributed by atoms with Gasteiger partial charge in [-0.1, -0.05) is 30.0 Å². The maximum absolute atomic E-state index is 10.6. The molecule has 0 spiro atoms. The fourth-order valence-corrected chi connectivity index (χ4v) is 4.65. The van der Waals surface area contributed by atoms with Gasteiger partial charge in [0.15, 0.2) is 11.6 Å². The second kappa shape index (κ2) is 4.93. The number of ether oxygens (including phenoxy) is 3. The van der Waals surface area contributed by atoms with E-state index in [4.69, 9.17) is 14.2 Å². The Kier molecular flexibility index (Phi) is 3.35. The standard InChI is InChI=1S/C16H20O5S/c1-15(2)19-8-10(20-15)11-12-13(17)14(21-16(11,12)18)22-9-6-4-3-5-7-9/h3-7,10-14,17-18H,8H2,1-2H3/t10-,11-,12?,13?,14-,16?/m0/s1. The van der Waals surface area contributed by atoms with Gasteiger partial charge >= 0.3 is 0 Å². The fraction of sp³-hybridized carbons (Fsp3) is 0.625. The summed E-state index contributed by atoms with van der Waals surface area (Å²) in [6, 6.07) is 9.74. The van der Waals surface area contributed by atoms with Crippen LogP contribution in [0.5, 0.6) is 0 Å². The summed E-state index contributed by atoms with van der Waals surface area (Å²) in [6.07, 6.45) is -0.949. The molecular weight excluding hydrogens is 304 g/mol. The third-order valence-electron chi connectivity index (χ3n) is 4.61. The maximum Gasteiger partial charge on any atom is 0.179 e. The molecule has 1 saturated carbocycles. The van der Waals surface area contributed by atoms with E-state index in [9.17, 15) is 10.2 Å². The zero-order valence-electron chi connectivity index (χ0n) is 12.5. The van der Waals surface area contributed by atoms with Gasteiger partial charge in [0.05, 0.1) is 30.7 Å². The smallest absolute Gasteiger partial charge is 0.179 e. The predicted octanol–water partition coefficient (Wildman–Crippen LogP) is 1.58. The van der Waals surface area contributed by atoms with E-state index >= 15 is 0 Å². The molecule has 2 N–H and O–H groups in total. The van der Waals surface area contributed by atoms with Crippen molar-refractivity contribution in [3.05, 3.63) is 30.3 Å². The van der Waals surface area contributed by atoms with E-state index in [1.54, 1.807) is 0 Å². The topological polar surface area (TPSA) is 68.2 Å². The molecule has 0 amide bonds. The molecule has 120 valence electrons. The molecule has 2 saturated heterocycles. The van der Waals surface area contributed by atoms with Crippen LogP contribution in [0.25, 0.3) is 0 Å². The third-order valence-corrected chi connectivity index (χ3v) is 5.76. The van der Waals surface area contributed by atoms with E-state index < -0.39 is 23.1 Å². The predicted molar refractivity (Wildman–Crippen MR) is 80.0 cm³/mol. The summed E-state index contributed by atoms with van der Waals surface area (Å²) in [6.45, 7) is 4.12. The van der Waals surface area contributed by atoms with Crippen LogP contribution in [0.3, 0.4) is 0 Å². The quantitative estimate of drug-likeness (QED) is 0.880. The van der Waals surface area contributed by atoms with Crippen molar-refractivity contribution in [2.45, 2.75) is 48.0 Å². The first-order chi connectivity index (χ1) is 10.4. The Labute approximate surface area is 133 Å². The van der Waals surface area contributed by atoms with Crippen molar-refractivity contribution >= 4 is 11.8 Å². The van der Waals surface area contributed by atoms with Gasteiger partial charge in [-0.2, -0.15) is 0 Å². The number of aliphatic hydroxyl groups is 2. The van der Waals surface area contributed by atoms with E-state index in [0.717, 1.165) is 4.90 Å². The molecule has 2 heterocycles. The Hall–Kier alpha value is -0.630. The largest absolute Gasteiger partial charge is 0.389 e. The number of hydrogen-bond donors (Lipinski definition) is 2. The number of rotatable bonds is 3. The zero-order valence-corrected chi connectivity index (χ0v) is 13.3. The minimum Gasteiger partial charge on any atom is -0.389 e. The molecule has 4 rings (SSSR count). The highest BCUT2D eigenvalue weighted by molar-refractivity contribution is 7.99. The van der Waals surface area contributed by atoms with E-state index in [1.807, 2.05) is 44.2 Å². The van der Waals surface area contributed by atoms with Crippen molar-refractivity contribution in [1.29, 1.82) is 0 Å². The molecule has 2 aliphatic heterocycles. The van der Waals surface area contributed by atoms with E-state index in [-0.39, 0.29) is 17.9 Å². The number of fused-ring (bicyclic) bond motifs is 1. The highest BCUT2D eigenvalue weighted by Gasteiger charge is 2.78. The van der Waals surface area contributed by atoms with E-state index in [0.29, 0.717) is 6.61 Å². The van der Waals surface area contributed by atoms with Crippen molar-refractivity contribution in [3.63, 3.8) is 0 Å². The van der Waals surface area contributed by atoms with Crippen LogP contribution >= 0.6 is 11.8 Å². The van der Waals surface area contributed by atoms with Gasteiger partial charge in [-0.15, -0.1) is 0 Å². The van der Waals surface area contributed by atoms with Gasteiger partial charge in [-0.05, 0) is 26.0 Å². The van der Waals surface area contributed by atoms with Crippen LogP contribution in [0.2, 0.25) is 0 Å². The highest BCUT2D eigenvalue weighted by Crippen LogP contribution is 2.64. The average molecular weight is 324 g/mol. The minimum atomic E-state index is -1.29. The molecule has 0 aromatic heterocycles. The number of benzene rings is 1. The van der Waals surface area contributed by atoms with Crippen molar-refractivity contribution in [3.8, 4) is 0 Å². The van der Waals surface area contributed by atoms with Gasteiger partial charge in [0.2, 0.25) is 0 Å². The highest BCUT2D eigenvalue weighted by atomic mass is 32.2. The average Bonchev–Trinajstić information content (AvgIpc) is 2.77. The Morgan fingerprint density at radius 1 is 1.14 bits per heavy atom. The van der Waals surface area contributed by atoms with Gasteiger partial charge in [-0.25, -0.2) is 0 Å². The van der Waals surface area contributed by atoms with Crippen LogP contribution in [-0.2, 0) is 14.2 Å². The summed E-state index contributed by atoms with van der Waals surface area (Å²) < 4.78 is 17.1. The number of thioether (sulfide) groups is 1. The Bertz CT molecular complexity index is 565. The van der Waals surface area contributed by atoms with Crippen molar-refractivity contribution in [2.24, 2.45) is 11.8 Å². The summed E-state index contributed by atoms with van der Waals surface area (Å²) in [4.78, 5) is 1.01. The Morgan fingerprint density at radius 2 is 1.86 bits per heavy atom. The van der Waals surface area contributed by atoms with E-state index in [1.165, 1.54) is 11.8 Å². The maximum atomic E-state index is 10.6. The molecule has 3 unspecified atom stereocenters. The Balaban J connectivity index is 1.43. The van der Waals surface area contributed by atoms with Gasteiger partial charge in [0, 0.05) is 4.90 Å². The lowest BCUT2D eigenvalue weighted by Gasteiger charge is -2.23. The monoisotopic (exact) mass is 324 g/mol. The molecule has 6 atom stereocenters. The molecule has 6 heteroatoms.